The zero-order chi connectivity index (χ0) is 10.9. The van der Waals surface area contributed by atoms with Crippen LogP contribution in [-0.2, 0) is 5.41 Å². The van der Waals surface area contributed by atoms with Crippen molar-refractivity contribution in [3.8, 4) is 0 Å². The molecule has 0 amide bonds. The van der Waals surface area contributed by atoms with Crippen molar-refractivity contribution in [2.45, 2.75) is 45.4 Å². The number of rotatable bonds is 3. The number of pyridine rings is 1. The first-order valence-electron chi connectivity index (χ1n) is 5.95. The number of aromatic nitrogens is 1. The molecule has 1 aliphatic rings. The van der Waals surface area contributed by atoms with Crippen LogP contribution in [0.1, 0.15) is 51.3 Å². The molecule has 15 heavy (non-hydrogen) atoms. The van der Waals surface area contributed by atoms with Crippen LogP contribution < -0.4 is 0 Å². The van der Waals surface area contributed by atoms with Crippen molar-refractivity contribution < 1.29 is 0 Å². The Morgan fingerprint density at radius 1 is 1.20 bits per heavy atom. The molecule has 1 aromatic heterocycles. The summed E-state index contributed by atoms with van der Waals surface area (Å²) in [5.41, 5.74) is 4.36. The van der Waals surface area contributed by atoms with Crippen LogP contribution in [0.25, 0.3) is 5.57 Å². The highest BCUT2D eigenvalue weighted by Crippen LogP contribution is 2.44. The van der Waals surface area contributed by atoms with E-state index in [-0.39, 0.29) is 5.41 Å². The highest BCUT2D eigenvalue weighted by molar-refractivity contribution is 5.75. The number of fused-ring (bicyclic) bond motifs is 1. The van der Waals surface area contributed by atoms with Crippen LogP contribution in [-0.4, -0.2) is 4.98 Å². The van der Waals surface area contributed by atoms with Crippen molar-refractivity contribution in [2.24, 2.45) is 0 Å². The van der Waals surface area contributed by atoms with Crippen molar-refractivity contribution in [2.75, 3.05) is 0 Å². The van der Waals surface area contributed by atoms with Crippen molar-refractivity contribution in [3.63, 3.8) is 0 Å². The maximum absolute atomic E-state index is 4.60. The van der Waals surface area contributed by atoms with Crippen LogP contribution in [0.2, 0.25) is 0 Å². The van der Waals surface area contributed by atoms with Gasteiger partial charge in [-0.25, -0.2) is 0 Å². The Balaban J connectivity index is 2.59. The summed E-state index contributed by atoms with van der Waals surface area (Å²) in [7, 11) is 0. The predicted octanol–water partition coefficient (Wildman–Crippen LogP) is 3.95. The minimum Gasteiger partial charge on any atom is -0.260 e. The maximum Gasteiger partial charge on any atom is 0.0577 e. The first-order chi connectivity index (χ1) is 7.27. The van der Waals surface area contributed by atoms with Crippen LogP contribution in [0.3, 0.4) is 0 Å². The van der Waals surface area contributed by atoms with Gasteiger partial charge < -0.3 is 0 Å². The molecule has 0 radical (unpaired) electrons. The van der Waals surface area contributed by atoms with E-state index in [0.29, 0.717) is 0 Å². The third-order valence-electron chi connectivity index (χ3n) is 3.72. The summed E-state index contributed by atoms with van der Waals surface area (Å²) in [6.45, 7) is 6.75. The smallest absolute Gasteiger partial charge is 0.0577 e. The molecule has 0 atom stereocenters. The van der Waals surface area contributed by atoms with Crippen LogP contribution in [0, 0.1) is 0 Å². The second kappa shape index (κ2) is 3.80. The molecule has 0 spiro atoms. The molecule has 0 bridgehead atoms. The Labute approximate surface area is 92.2 Å². The van der Waals surface area contributed by atoms with Gasteiger partial charge in [-0.3, -0.25) is 4.98 Å². The van der Waals surface area contributed by atoms with E-state index in [9.17, 15) is 0 Å². The average molecular weight is 201 g/mol. The molecule has 1 aromatic rings. The minimum absolute atomic E-state index is 0.210. The van der Waals surface area contributed by atoms with Crippen LogP contribution in [0.4, 0.5) is 0 Å². The summed E-state index contributed by atoms with van der Waals surface area (Å²) in [5.74, 6) is 0. The van der Waals surface area contributed by atoms with E-state index < -0.39 is 0 Å². The lowest BCUT2D eigenvalue weighted by Crippen LogP contribution is -2.20. The first-order valence-corrected chi connectivity index (χ1v) is 5.95. The Hall–Kier alpha value is -1.11. The van der Waals surface area contributed by atoms with Gasteiger partial charge in [-0.05, 0) is 36.5 Å². The predicted molar refractivity (Wildman–Crippen MR) is 64.8 cm³/mol. The van der Waals surface area contributed by atoms with E-state index in [2.05, 4.69) is 37.9 Å². The van der Waals surface area contributed by atoms with E-state index in [0.717, 1.165) is 19.3 Å². The first kappa shape index (κ1) is 10.4. The molecule has 0 saturated carbocycles. The molecule has 1 heterocycles. The molecule has 1 nitrogen and oxygen atoms in total. The highest BCUT2D eigenvalue weighted by atomic mass is 14.7. The van der Waals surface area contributed by atoms with Gasteiger partial charge in [0.25, 0.3) is 0 Å². The number of hydrogen-bond donors (Lipinski definition) is 0. The Morgan fingerprint density at radius 3 is 2.53 bits per heavy atom. The molecule has 0 N–H and O–H groups in total. The molecule has 1 aliphatic carbocycles. The molecule has 0 saturated heterocycles. The lowest BCUT2D eigenvalue weighted by molar-refractivity contribution is 0.491. The molecule has 0 fully saturated rings. The van der Waals surface area contributed by atoms with Gasteiger partial charge in [-0.15, -0.1) is 0 Å². The van der Waals surface area contributed by atoms with E-state index in [4.69, 9.17) is 0 Å². The molecule has 0 aliphatic heterocycles. The van der Waals surface area contributed by atoms with Gasteiger partial charge in [-0.2, -0.15) is 0 Å². The van der Waals surface area contributed by atoms with Gasteiger partial charge in [-0.1, -0.05) is 32.9 Å². The molecular weight excluding hydrogens is 182 g/mol. The largest absolute Gasteiger partial charge is 0.260 e. The van der Waals surface area contributed by atoms with Crippen LogP contribution in [0.5, 0.6) is 0 Å². The van der Waals surface area contributed by atoms with Gasteiger partial charge in [0.2, 0.25) is 0 Å². The van der Waals surface area contributed by atoms with Crippen molar-refractivity contribution in [1.82, 2.24) is 4.98 Å². The molecule has 80 valence electrons. The number of hydrogen-bond acceptors (Lipinski definition) is 1. The van der Waals surface area contributed by atoms with E-state index in [1.807, 2.05) is 12.3 Å². The fourth-order valence-electron chi connectivity index (χ4n) is 2.62. The molecular formula is C14H19N. The number of allylic oxidation sites excluding steroid dienone is 2. The van der Waals surface area contributed by atoms with E-state index in [1.54, 1.807) is 0 Å². The Morgan fingerprint density at radius 2 is 1.93 bits per heavy atom. The maximum atomic E-state index is 4.60. The zero-order valence-corrected chi connectivity index (χ0v) is 9.88. The minimum atomic E-state index is 0.210. The Bertz CT molecular complexity index is 386. The monoisotopic (exact) mass is 201 g/mol. The van der Waals surface area contributed by atoms with E-state index >= 15 is 0 Å². The van der Waals surface area contributed by atoms with Gasteiger partial charge in [0.1, 0.15) is 0 Å². The van der Waals surface area contributed by atoms with E-state index in [1.165, 1.54) is 16.8 Å². The fourth-order valence-corrected chi connectivity index (χ4v) is 2.62. The SMILES string of the molecule is CCC1=CC(CC)(CC)c2ncccc21. The zero-order valence-electron chi connectivity index (χ0n) is 9.88. The standard InChI is InChI=1S/C14H19N/c1-4-11-10-14(5-2,6-3)13-12(11)8-7-9-15-13/h7-10H,4-6H2,1-3H3. The lowest BCUT2D eigenvalue weighted by Gasteiger charge is -2.24. The van der Waals surface area contributed by atoms with Gasteiger partial charge in [0.15, 0.2) is 0 Å². The lowest BCUT2D eigenvalue weighted by atomic mass is 9.81. The molecule has 1 heteroatoms. The van der Waals surface area contributed by atoms with Crippen LogP contribution >= 0.6 is 0 Å². The molecule has 0 unspecified atom stereocenters. The summed E-state index contributed by atoms with van der Waals surface area (Å²) < 4.78 is 0. The van der Waals surface area contributed by atoms with Crippen molar-refractivity contribution >= 4 is 5.57 Å². The average Bonchev–Trinajstić information content (AvgIpc) is 2.64. The quantitative estimate of drug-likeness (QED) is 0.721. The Kier molecular flexibility index (Phi) is 2.64. The normalized spacial score (nSPS) is 17.4. The number of nitrogens with zero attached hydrogens (tertiary/aromatic N) is 1. The second-order valence-electron chi connectivity index (χ2n) is 4.29. The summed E-state index contributed by atoms with van der Waals surface area (Å²) in [6, 6.07) is 4.26. The third kappa shape index (κ3) is 1.41. The topological polar surface area (TPSA) is 12.9 Å². The fraction of sp³-hybridized carbons (Fsp3) is 0.500. The summed E-state index contributed by atoms with van der Waals surface area (Å²) in [4.78, 5) is 4.60. The third-order valence-corrected chi connectivity index (χ3v) is 3.72. The van der Waals surface area contributed by atoms with Crippen LogP contribution in [0.15, 0.2) is 24.4 Å². The van der Waals surface area contributed by atoms with Gasteiger partial charge in [0.05, 0.1) is 5.69 Å². The summed E-state index contributed by atoms with van der Waals surface area (Å²) in [6.07, 6.45) is 7.78. The summed E-state index contributed by atoms with van der Waals surface area (Å²) >= 11 is 0. The van der Waals surface area contributed by atoms with Gasteiger partial charge in [0, 0.05) is 11.6 Å². The molecule has 2 rings (SSSR count). The highest BCUT2D eigenvalue weighted by Gasteiger charge is 2.35. The second-order valence-corrected chi connectivity index (χ2v) is 4.29. The molecule has 0 aromatic carbocycles. The van der Waals surface area contributed by atoms with Crippen molar-refractivity contribution in [3.05, 3.63) is 35.7 Å². The van der Waals surface area contributed by atoms with Crippen molar-refractivity contribution in [1.29, 1.82) is 0 Å². The van der Waals surface area contributed by atoms with Gasteiger partial charge >= 0.3 is 0 Å². The summed E-state index contributed by atoms with van der Waals surface area (Å²) in [5, 5.41) is 0.